The summed E-state index contributed by atoms with van der Waals surface area (Å²) >= 11 is 1.47. The van der Waals surface area contributed by atoms with E-state index in [2.05, 4.69) is 51.7 Å². The van der Waals surface area contributed by atoms with Gasteiger partial charge in [0.25, 0.3) is 5.91 Å². The first-order valence-corrected chi connectivity index (χ1v) is 32.9. The van der Waals surface area contributed by atoms with Crippen molar-refractivity contribution in [2.24, 2.45) is 0 Å². The van der Waals surface area contributed by atoms with Gasteiger partial charge in [0.05, 0.1) is 99.8 Å². The van der Waals surface area contributed by atoms with Gasteiger partial charge in [-0.15, -0.1) is 0 Å². The lowest BCUT2D eigenvalue weighted by atomic mass is 9.73. The van der Waals surface area contributed by atoms with Gasteiger partial charge in [-0.1, -0.05) is 57.9 Å². The van der Waals surface area contributed by atoms with Gasteiger partial charge in [-0.3, -0.25) is 19.7 Å². The highest BCUT2D eigenvalue weighted by Gasteiger charge is 2.57. The Hall–Kier alpha value is -4.62. The number of aliphatic hydroxyl groups is 4. The average molecular weight is 1300 g/mol. The van der Waals surface area contributed by atoms with E-state index in [9.17, 15) is 34.8 Å². The summed E-state index contributed by atoms with van der Waals surface area (Å²) in [6.45, 7) is 8.64. The number of hydroxylamine groups is 1. The summed E-state index contributed by atoms with van der Waals surface area (Å²) < 4.78 is 77.5. The molecule has 2 bridgehead atoms. The quantitative estimate of drug-likeness (QED) is 0.0140. The van der Waals surface area contributed by atoms with Crippen LogP contribution in [-0.2, 0) is 66.5 Å². The number of hydrogen-bond acceptors (Lipinski definition) is 28. The standard InChI is InChI=1S/C57H76N4O22S4/c1-27-45(61-83-43-23-35(62)51(84-11)29(3)77-43)48(64)50(81-41-24-37(71-7)34(58-5)26-75-41)55(78-27)80-36-17-15-13-14-16-19-57(69)32(18-20-86-87-85-12)44(36)46(60-56(68)74-10)49(65)52(57)82-42-25-40(47(63)28(2)76-42)79-54(67)31-21-38(72-8)39(73-9)22-33(31)59-53(66)30(4)70-6/h13-14,18,21-22,27-29,34-37,40-43,45,47-48,50-52,55,58,61-64,69H,4,20,23-26H2,1-3,5-12H3,(H,59,66)(H,60,68)/b14-13-,32-18?/t27?,28?,29?,34?,35?,36-,37?,40?,41?,42?,43?,45?,47?,48?,50?,51?,52?,55?,57+/m0/s1. The number of nitrogens with one attached hydrogen (secondary N) is 4. The molecule has 2 aliphatic carbocycles. The number of anilines is 1. The van der Waals surface area contributed by atoms with Gasteiger partial charge in [0.2, 0.25) is 5.78 Å². The third-order valence-electron chi connectivity index (χ3n) is 15.1. The molecule has 1 aromatic carbocycles. The molecule has 0 radical (unpaired) electrons. The molecule has 4 fully saturated rings. The number of rotatable bonds is 24. The van der Waals surface area contributed by atoms with Crippen molar-refractivity contribution in [3.63, 3.8) is 0 Å². The second-order valence-corrected chi connectivity index (χ2v) is 25.8. The smallest absolute Gasteiger partial charge is 0.411 e. The predicted molar refractivity (Wildman–Crippen MR) is 321 cm³/mol. The zero-order chi connectivity index (χ0) is 63.3. The van der Waals surface area contributed by atoms with Crippen molar-refractivity contribution in [1.82, 2.24) is 16.1 Å². The number of likely N-dealkylation sites (N-methyl/N-ethyl adjacent to an activating group) is 1. The van der Waals surface area contributed by atoms with Crippen LogP contribution in [0.3, 0.4) is 0 Å². The van der Waals surface area contributed by atoms with Crippen LogP contribution >= 0.6 is 43.2 Å². The second kappa shape index (κ2) is 32.4. The van der Waals surface area contributed by atoms with E-state index < -0.39 is 134 Å². The summed E-state index contributed by atoms with van der Waals surface area (Å²) in [6.07, 6.45) is -11.7. The Labute approximate surface area is 520 Å². The summed E-state index contributed by atoms with van der Waals surface area (Å²) in [5, 5.41) is 56.4. The highest BCUT2D eigenvalue weighted by atomic mass is 33.5. The molecule has 480 valence electrons. The van der Waals surface area contributed by atoms with Crippen molar-refractivity contribution in [2.45, 2.75) is 155 Å². The maximum Gasteiger partial charge on any atom is 0.411 e. The number of benzene rings is 1. The van der Waals surface area contributed by atoms with E-state index in [1.54, 1.807) is 27.2 Å². The van der Waals surface area contributed by atoms with Crippen LogP contribution in [0.5, 0.6) is 11.5 Å². The van der Waals surface area contributed by atoms with E-state index in [1.807, 2.05) is 19.4 Å². The average Bonchev–Trinajstić information content (AvgIpc) is 0.930. The largest absolute Gasteiger partial charge is 0.493 e. The van der Waals surface area contributed by atoms with E-state index in [0.717, 1.165) is 7.11 Å². The number of ketones is 1. The van der Waals surface area contributed by atoms with Crippen molar-refractivity contribution >= 4 is 72.6 Å². The van der Waals surface area contributed by atoms with Crippen LogP contribution in [0.25, 0.3) is 0 Å². The van der Waals surface area contributed by atoms with E-state index in [-0.39, 0.29) is 82.3 Å². The molecule has 4 heterocycles. The van der Waals surface area contributed by atoms with Gasteiger partial charge >= 0.3 is 12.1 Å². The van der Waals surface area contributed by atoms with E-state index >= 15 is 4.79 Å². The molecule has 19 atom stereocenters. The number of ether oxygens (including phenoxy) is 13. The Morgan fingerprint density at radius 2 is 1.56 bits per heavy atom. The molecule has 7 rings (SSSR count). The van der Waals surface area contributed by atoms with Crippen LogP contribution in [0.4, 0.5) is 10.5 Å². The minimum Gasteiger partial charge on any atom is -0.493 e. The number of allylic oxidation sites excluding steroid dienone is 2. The van der Waals surface area contributed by atoms with Crippen molar-refractivity contribution in [3.05, 3.63) is 65.1 Å². The molecule has 87 heavy (non-hydrogen) atoms. The molecule has 6 aliphatic rings. The van der Waals surface area contributed by atoms with E-state index in [1.165, 1.54) is 95.7 Å². The number of esters is 1. The molecule has 30 heteroatoms. The summed E-state index contributed by atoms with van der Waals surface area (Å²) in [7, 11) is 12.5. The highest BCUT2D eigenvalue weighted by molar-refractivity contribution is 9.09. The Balaban J connectivity index is 1.27. The van der Waals surface area contributed by atoms with Gasteiger partial charge in [-0.05, 0) is 62.3 Å². The minimum atomic E-state index is -2.66. The van der Waals surface area contributed by atoms with Gasteiger partial charge < -0.3 is 92.6 Å². The normalized spacial score (nSPS) is 34.9. The summed E-state index contributed by atoms with van der Waals surface area (Å²) in [6, 6.07) is 1.31. The van der Waals surface area contributed by atoms with Gasteiger partial charge in [0.1, 0.15) is 30.5 Å². The molecular weight excluding hydrogens is 1220 g/mol. The Morgan fingerprint density at radius 1 is 0.851 bits per heavy atom. The lowest BCUT2D eigenvalue weighted by Crippen LogP contribution is -2.65. The molecule has 0 aromatic heterocycles. The Morgan fingerprint density at radius 3 is 2.23 bits per heavy atom. The fourth-order valence-corrected chi connectivity index (χ4v) is 13.8. The number of fused-ring (bicyclic) bond motifs is 2. The van der Waals surface area contributed by atoms with Crippen LogP contribution < -0.4 is 30.9 Å². The zero-order valence-corrected chi connectivity index (χ0v) is 53.1. The lowest BCUT2D eigenvalue weighted by molar-refractivity contribution is -0.336. The van der Waals surface area contributed by atoms with Crippen LogP contribution in [0.15, 0.2) is 59.5 Å². The maximum absolute atomic E-state index is 15.6. The number of hydrogen-bond donors (Lipinski definition) is 8. The number of methoxy groups -OCH3 is 5. The van der Waals surface area contributed by atoms with Crippen molar-refractivity contribution in [1.29, 1.82) is 0 Å². The van der Waals surface area contributed by atoms with Gasteiger partial charge in [0, 0.05) is 55.4 Å². The Bertz CT molecular complexity index is 2830. The van der Waals surface area contributed by atoms with E-state index in [0.29, 0.717) is 0 Å². The van der Waals surface area contributed by atoms with Crippen molar-refractivity contribution in [3.8, 4) is 35.2 Å². The number of alkyl carbamates (subject to hydrolysis) is 1. The molecule has 8 N–H and O–H groups in total. The third kappa shape index (κ3) is 16.7. The summed E-state index contributed by atoms with van der Waals surface area (Å²) in [5.41, 5.74) is -0.961. The molecule has 4 aliphatic heterocycles. The van der Waals surface area contributed by atoms with Crippen molar-refractivity contribution in [2.75, 3.05) is 72.8 Å². The fraction of sp³-hybridized carbons (Fsp3) is 0.614. The first-order valence-electron chi connectivity index (χ1n) is 27.5. The van der Waals surface area contributed by atoms with E-state index in [4.69, 9.17) is 66.4 Å². The monoisotopic (exact) mass is 1300 g/mol. The maximum atomic E-state index is 15.6. The van der Waals surface area contributed by atoms with Crippen molar-refractivity contribution < 1.29 is 106 Å². The fourth-order valence-electron chi connectivity index (χ4n) is 10.5. The first kappa shape index (κ1) is 69.8. The molecule has 1 aromatic rings. The number of aliphatic hydroxyl groups excluding tert-OH is 3. The molecule has 4 saturated heterocycles. The topological polar surface area (TPSA) is 327 Å². The Kier molecular flexibility index (Phi) is 26.0. The summed E-state index contributed by atoms with van der Waals surface area (Å²) in [5.74, 6) is 8.57. The van der Waals surface area contributed by atoms with Crippen LogP contribution in [0.2, 0.25) is 0 Å². The van der Waals surface area contributed by atoms with Gasteiger partial charge in [0.15, 0.2) is 54.1 Å². The molecule has 2 amide bonds. The second-order valence-electron chi connectivity index (χ2n) is 20.4. The molecule has 17 unspecified atom stereocenters. The number of thioether (sulfide) groups is 1. The third-order valence-corrected chi connectivity index (χ3v) is 20.0. The van der Waals surface area contributed by atoms with Crippen LogP contribution in [-0.4, -0.2) is 227 Å². The minimum absolute atomic E-state index is 0.0842. The van der Waals surface area contributed by atoms with Gasteiger partial charge in [-0.25, -0.2) is 9.59 Å². The van der Waals surface area contributed by atoms with Crippen LogP contribution in [0, 0.1) is 23.7 Å². The molecule has 26 nitrogen and oxygen atoms in total. The molecule has 0 spiro atoms. The zero-order valence-electron chi connectivity index (χ0n) is 49.8. The first-order chi connectivity index (χ1) is 41.7. The number of Topliss-reactive ketones (excluding diaryl/α,β-unsaturated/α-hetero) is 1. The SMILES string of the molecule is C=C(OC)C(=O)Nc1cc(OC)c(OC)cc1C(=O)OC1CC(OC2C(=O)C(NC(=O)OC)=C3C(=CCSSSC)[C@]2(O)C#C/C=C\C#C[C@@H]3OC2OC(C)C(NOC3CC(O)C(SC)C(C)O3)C(O)C2OC2CC(OC)C(NC)CO2)OC(C)C1O. The lowest BCUT2D eigenvalue weighted by Gasteiger charge is -2.47. The number of amides is 2. The highest BCUT2D eigenvalue weighted by Crippen LogP contribution is 2.44. The molecule has 0 saturated carbocycles. The predicted octanol–water partition coefficient (Wildman–Crippen LogP) is 2.64. The summed E-state index contributed by atoms with van der Waals surface area (Å²) in [4.78, 5) is 62.3. The number of carbonyl (C=O) groups is 4. The molecular formula is C57H76N4O22S4. The van der Waals surface area contributed by atoms with Gasteiger partial charge in [-0.2, -0.15) is 17.2 Å². The number of carbonyl (C=O) groups excluding carboxylic acids is 4. The van der Waals surface area contributed by atoms with Crippen LogP contribution in [0.1, 0.15) is 50.4 Å².